The largest absolute Gasteiger partial charge is 0.369 e. The summed E-state index contributed by atoms with van der Waals surface area (Å²) in [7, 11) is 0. The first kappa shape index (κ1) is 10.6. The average molecular weight is 195 g/mol. The van der Waals surface area contributed by atoms with Gasteiger partial charge in [0.1, 0.15) is 6.61 Å². The minimum absolute atomic E-state index is 0.0360. The van der Waals surface area contributed by atoms with Crippen LogP contribution >= 0.6 is 0 Å². The van der Waals surface area contributed by atoms with Crippen LogP contribution in [0.4, 0.5) is 5.82 Å². The molecule has 0 aromatic carbocycles. The Kier molecular flexibility index (Phi) is 4.00. The number of carbonyl (C=O) groups excluding carboxylic acids is 1. The maximum atomic E-state index is 11.2. The molecule has 0 unspecified atom stereocenters. The smallest absolute Gasteiger partial charge is 0.251 e. The van der Waals surface area contributed by atoms with Crippen LogP contribution in [0, 0.1) is 0 Å². The zero-order valence-corrected chi connectivity index (χ0v) is 8.23. The van der Waals surface area contributed by atoms with Gasteiger partial charge in [-0.05, 0) is 13.8 Å². The van der Waals surface area contributed by atoms with Crippen LogP contribution in [0.2, 0.25) is 0 Å². The molecule has 1 aromatic rings. The van der Waals surface area contributed by atoms with Crippen LogP contribution in [0.1, 0.15) is 13.8 Å². The zero-order chi connectivity index (χ0) is 10.4. The first-order chi connectivity index (χ1) is 6.68. The molecule has 0 aliphatic carbocycles. The van der Waals surface area contributed by atoms with Crippen LogP contribution in [0.5, 0.6) is 0 Å². The molecule has 0 saturated carbocycles. The molecular formula is C9H13N3O2. The lowest BCUT2D eigenvalue weighted by Gasteiger charge is -2.07. The predicted octanol–water partition coefficient (Wildman–Crippen LogP) is 0.840. The highest BCUT2D eigenvalue weighted by molar-refractivity contribution is 5.90. The third-order valence-corrected chi connectivity index (χ3v) is 1.38. The van der Waals surface area contributed by atoms with Crippen molar-refractivity contribution >= 4 is 11.7 Å². The van der Waals surface area contributed by atoms with Crippen molar-refractivity contribution in [2.75, 3.05) is 11.9 Å². The standard InChI is InChI=1S/C9H13N3O2/c1-7(2)14-6-9(13)12-8-5-10-3-4-11-8/h3-5,7H,6H2,1-2H3,(H,11,12,13). The molecular weight excluding hydrogens is 182 g/mol. The third kappa shape index (κ3) is 3.95. The van der Waals surface area contributed by atoms with E-state index in [0.29, 0.717) is 5.82 Å². The molecule has 1 rings (SSSR count). The van der Waals surface area contributed by atoms with Crippen molar-refractivity contribution in [1.29, 1.82) is 0 Å². The minimum Gasteiger partial charge on any atom is -0.369 e. The second kappa shape index (κ2) is 5.29. The van der Waals surface area contributed by atoms with E-state index in [4.69, 9.17) is 4.74 Å². The summed E-state index contributed by atoms with van der Waals surface area (Å²) in [5, 5.41) is 2.56. The lowest BCUT2D eigenvalue weighted by Crippen LogP contribution is -2.21. The van der Waals surface area contributed by atoms with Crippen LogP contribution in [-0.4, -0.2) is 28.6 Å². The van der Waals surface area contributed by atoms with E-state index in [1.54, 1.807) is 6.20 Å². The molecule has 1 amide bonds. The SMILES string of the molecule is CC(C)OCC(=O)Nc1cnccn1. The quantitative estimate of drug-likeness (QED) is 0.773. The van der Waals surface area contributed by atoms with Crippen molar-refractivity contribution in [3.8, 4) is 0 Å². The number of carbonyl (C=O) groups is 1. The van der Waals surface area contributed by atoms with Gasteiger partial charge in [-0.15, -0.1) is 0 Å². The Hall–Kier alpha value is -1.49. The fourth-order valence-electron chi connectivity index (χ4n) is 0.785. The fraction of sp³-hybridized carbons (Fsp3) is 0.444. The van der Waals surface area contributed by atoms with Gasteiger partial charge in [-0.1, -0.05) is 0 Å². The number of amides is 1. The molecule has 0 spiro atoms. The molecule has 1 aromatic heterocycles. The van der Waals surface area contributed by atoms with Crippen molar-refractivity contribution in [2.24, 2.45) is 0 Å². The Morgan fingerprint density at radius 1 is 1.57 bits per heavy atom. The van der Waals surface area contributed by atoms with Gasteiger partial charge in [-0.3, -0.25) is 9.78 Å². The lowest BCUT2D eigenvalue weighted by molar-refractivity contribution is -0.121. The summed E-state index contributed by atoms with van der Waals surface area (Å²) >= 11 is 0. The summed E-state index contributed by atoms with van der Waals surface area (Å²) in [6.45, 7) is 3.78. The molecule has 0 saturated heterocycles. The number of rotatable bonds is 4. The molecule has 5 heteroatoms. The number of nitrogens with one attached hydrogen (secondary N) is 1. The van der Waals surface area contributed by atoms with Gasteiger partial charge in [0.05, 0.1) is 12.3 Å². The lowest BCUT2D eigenvalue weighted by atomic mass is 10.5. The fourth-order valence-corrected chi connectivity index (χ4v) is 0.785. The van der Waals surface area contributed by atoms with Gasteiger partial charge < -0.3 is 10.1 Å². The van der Waals surface area contributed by atoms with Gasteiger partial charge >= 0.3 is 0 Å². The third-order valence-electron chi connectivity index (χ3n) is 1.38. The van der Waals surface area contributed by atoms with Gasteiger partial charge in [-0.25, -0.2) is 4.98 Å². The molecule has 0 aliphatic rings. The van der Waals surface area contributed by atoms with E-state index in [0.717, 1.165) is 0 Å². The number of nitrogens with zero attached hydrogens (tertiary/aromatic N) is 2. The van der Waals surface area contributed by atoms with E-state index in [2.05, 4.69) is 15.3 Å². The topological polar surface area (TPSA) is 64.1 Å². The molecule has 5 nitrogen and oxygen atoms in total. The minimum atomic E-state index is -0.223. The van der Waals surface area contributed by atoms with E-state index in [9.17, 15) is 4.79 Å². The van der Waals surface area contributed by atoms with Crippen molar-refractivity contribution in [3.63, 3.8) is 0 Å². The monoisotopic (exact) mass is 195 g/mol. The predicted molar refractivity (Wildman–Crippen MR) is 51.7 cm³/mol. The van der Waals surface area contributed by atoms with E-state index in [-0.39, 0.29) is 18.6 Å². The van der Waals surface area contributed by atoms with Crippen LogP contribution in [0.3, 0.4) is 0 Å². The summed E-state index contributed by atoms with van der Waals surface area (Å²) in [6.07, 6.45) is 4.58. The maximum Gasteiger partial charge on any atom is 0.251 e. The van der Waals surface area contributed by atoms with Gasteiger partial charge in [0.2, 0.25) is 0 Å². The number of ether oxygens (including phenoxy) is 1. The first-order valence-corrected chi connectivity index (χ1v) is 4.36. The number of hydrogen-bond donors (Lipinski definition) is 1. The summed E-state index contributed by atoms with van der Waals surface area (Å²) in [6, 6.07) is 0. The summed E-state index contributed by atoms with van der Waals surface area (Å²) < 4.78 is 5.12. The molecule has 1 heterocycles. The second-order valence-electron chi connectivity index (χ2n) is 3.00. The van der Waals surface area contributed by atoms with E-state index < -0.39 is 0 Å². The van der Waals surface area contributed by atoms with Crippen LogP contribution in [0.15, 0.2) is 18.6 Å². The highest BCUT2D eigenvalue weighted by Crippen LogP contribution is 1.97. The normalized spacial score (nSPS) is 10.2. The highest BCUT2D eigenvalue weighted by Gasteiger charge is 2.03. The van der Waals surface area contributed by atoms with Gasteiger partial charge in [0.15, 0.2) is 5.82 Å². The van der Waals surface area contributed by atoms with Crippen molar-refractivity contribution in [1.82, 2.24) is 9.97 Å². The number of hydrogen-bond acceptors (Lipinski definition) is 4. The Morgan fingerprint density at radius 3 is 2.93 bits per heavy atom. The number of aromatic nitrogens is 2. The zero-order valence-electron chi connectivity index (χ0n) is 8.23. The molecule has 14 heavy (non-hydrogen) atoms. The van der Waals surface area contributed by atoms with E-state index >= 15 is 0 Å². The first-order valence-electron chi connectivity index (χ1n) is 4.36. The van der Waals surface area contributed by atoms with Gasteiger partial charge in [0.25, 0.3) is 5.91 Å². The molecule has 76 valence electrons. The number of anilines is 1. The van der Waals surface area contributed by atoms with Crippen molar-refractivity contribution in [2.45, 2.75) is 20.0 Å². The molecule has 0 fully saturated rings. The van der Waals surface area contributed by atoms with Crippen LogP contribution < -0.4 is 5.32 Å². The van der Waals surface area contributed by atoms with E-state index in [1.807, 2.05) is 13.8 Å². The van der Waals surface area contributed by atoms with Crippen molar-refractivity contribution in [3.05, 3.63) is 18.6 Å². The van der Waals surface area contributed by atoms with E-state index in [1.165, 1.54) is 12.4 Å². The molecule has 0 bridgehead atoms. The van der Waals surface area contributed by atoms with Crippen LogP contribution in [-0.2, 0) is 9.53 Å². The Labute approximate surface area is 82.5 Å². The molecule has 0 radical (unpaired) electrons. The summed E-state index contributed by atoms with van der Waals surface area (Å²) in [5.41, 5.74) is 0. The second-order valence-corrected chi connectivity index (χ2v) is 3.00. The molecule has 1 N–H and O–H groups in total. The maximum absolute atomic E-state index is 11.2. The molecule has 0 atom stereocenters. The van der Waals surface area contributed by atoms with Gasteiger partial charge in [0, 0.05) is 12.4 Å². The van der Waals surface area contributed by atoms with Crippen molar-refractivity contribution < 1.29 is 9.53 Å². The Balaban J connectivity index is 2.35. The van der Waals surface area contributed by atoms with Crippen LogP contribution in [0.25, 0.3) is 0 Å². The highest BCUT2D eigenvalue weighted by atomic mass is 16.5. The average Bonchev–Trinajstić information content (AvgIpc) is 2.16. The molecule has 0 aliphatic heterocycles. The Morgan fingerprint density at radius 2 is 2.36 bits per heavy atom. The van der Waals surface area contributed by atoms with Gasteiger partial charge in [-0.2, -0.15) is 0 Å². The summed E-state index contributed by atoms with van der Waals surface area (Å²) in [5.74, 6) is 0.212. The Bertz CT molecular complexity index is 287. The summed E-state index contributed by atoms with van der Waals surface area (Å²) in [4.78, 5) is 18.9.